The Labute approximate surface area is 103 Å². The normalized spacial score (nSPS) is 29.2. The van der Waals surface area contributed by atoms with Crippen molar-refractivity contribution in [3.8, 4) is 0 Å². The van der Waals surface area contributed by atoms with Gasteiger partial charge in [-0.15, -0.1) is 0 Å². The molecule has 94 valence electrons. The summed E-state index contributed by atoms with van der Waals surface area (Å²) in [6.07, 6.45) is 4.06. The van der Waals surface area contributed by atoms with E-state index in [0.29, 0.717) is 0 Å². The molecule has 0 aliphatic heterocycles. The average molecular weight is 236 g/mol. The zero-order valence-corrected chi connectivity index (χ0v) is 10.8. The summed E-state index contributed by atoms with van der Waals surface area (Å²) < 4.78 is 12.8. The maximum Gasteiger partial charge on any atom is 0.123 e. The van der Waals surface area contributed by atoms with Crippen LogP contribution in [0.3, 0.4) is 0 Å². The maximum absolute atomic E-state index is 12.8. The minimum atomic E-state index is -0.145. The molecule has 0 amide bonds. The number of quaternary nitrogens is 1. The minimum absolute atomic E-state index is 0.145. The second kappa shape index (κ2) is 5.63. The monoisotopic (exact) mass is 236 g/mol. The topological polar surface area (TPSA) is 16.6 Å². The Hall–Kier alpha value is -0.890. The van der Waals surface area contributed by atoms with Gasteiger partial charge in [0.05, 0.1) is 6.04 Å². The van der Waals surface area contributed by atoms with E-state index in [4.69, 9.17) is 0 Å². The molecule has 2 heteroatoms. The van der Waals surface area contributed by atoms with Crippen LogP contribution >= 0.6 is 0 Å². The largest absolute Gasteiger partial charge is 0.340 e. The molecular formula is C15H23FN+. The molecule has 0 unspecified atom stereocenters. The summed E-state index contributed by atoms with van der Waals surface area (Å²) in [6.45, 7) is 5.71. The lowest BCUT2D eigenvalue weighted by atomic mass is 9.78. The highest BCUT2D eigenvalue weighted by Gasteiger charge is 2.29. The number of benzene rings is 1. The van der Waals surface area contributed by atoms with Gasteiger partial charge in [0.1, 0.15) is 12.4 Å². The molecule has 0 heterocycles. The molecule has 1 aromatic rings. The predicted molar refractivity (Wildman–Crippen MR) is 68.0 cm³/mol. The molecule has 0 spiro atoms. The predicted octanol–water partition coefficient (Wildman–Crippen LogP) is 2.71. The van der Waals surface area contributed by atoms with Gasteiger partial charge in [-0.1, -0.05) is 26.0 Å². The first-order chi connectivity index (χ1) is 8.16. The Morgan fingerprint density at radius 3 is 2.59 bits per heavy atom. The van der Waals surface area contributed by atoms with E-state index in [0.717, 1.165) is 24.4 Å². The molecule has 0 bridgehead atoms. The summed E-state index contributed by atoms with van der Waals surface area (Å²) in [4.78, 5) is 0. The lowest BCUT2D eigenvalue weighted by molar-refractivity contribution is -0.713. The van der Waals surface area contributed by atoms with E-state index in [1.165, 1.54) is 24.8 Å². The summed E-state index contributed by atoms with van der Waals surface area (Å²) in [6, 6.07) is 7.63. The first kappa shape index (κ1) is 12.6. The van der Waals surface area contributed by atoms with Crippen LogP contribution in [-0.2, 0) is 6.54 Å². The second-order valence-corrected chi connectivity index (χ2v) is 5.50. The molecule has 2 rings (SSSR count). The van der Waals surface area contributed by atoms with E-state index in [9.17, 15) is 4.39 Å². The zero-order chi connectivity index (χ0) is 12.3. The molecule has 1 saturated carbocycles. The lowest BCUT2D eigenvalue weighted by Crippen LogP contribution is -2.90. The smallest absolute Gasteiger partial charge is 0.123 e. The number of hydrogen-bond acceptors (Lipinski definition) is 0. The van der Waals surface area contributed by atoms with Crippen LogP contribution in [0.4, 0.5) is 4.39 Å². The van der Waals surface area contributed by atoms with Crippen LogP contribution in [0.15, 0.2) is 24.3 Å². The van der Waals surface area contributed by atoms with Gasteiger partial charge in [0.2, 0.25) is 0 Å². The van der Waals surface area contributed by atoms with Gasteiger partial charge in [-0.2, -0.15) is 0 Å². The Kier molecular flexibility index (Phi) is 4.16. The molecule has 0 saturated heterocycles. The molecule has 1 fully saturated rings. The van der Waals surface area contributed by atoms with Gasteiger partial charge >= 0.3 is 0 Å². The Balaban J connectivity index is 1.87. The van der Waals surface area contributed by atoms with E-state index in [2.05, 4.69) is 19.2 Å². The molecule has 3 atom stereocenters. The fourth-order valence-corrected chi connectivity index (χ4v) is 2.86. The Morgan fingerprint density at radius 1 is 1.18 bits per heavy atom. The van der Waals surface area contributed by atoms with Crippen LogP contribution in [0.5, 0.6) is 0 Å². The average Bonchev–Trinajstić information content (AvgIpc) is 2.33. The molecule has 2 N–H and O–H groups in total. The third-order valence-corrected chi connectivity index (χ3v) is 4.34. The summed E-state index contributed by atoms with van der Waals surface area (Å²) in [5.41, 5.74) is 1.22. The summed E-state index contributed by atoms with van der Waals surface area (Å²) in [7, 11) is 0. The third-order valence-electron chi connectivity index (χ3n) is 4.34. The molecule has 0 radical (unpaired) electrons. The maximum atomic E-state index is 12.8. The summed E-state index contributed by atoms with van der Waals surface area (Å²) in [5, 5.41) is 2.44. The highest BCUT2D eigenvalue weighted by Crippen LogP contribution is 2.27. The second-order valence-electron chi connectivity index (χ2n) is 5.50. The van der Waals surface area contributed by atoms with Crippen LogP contribution in [0.1, 0.15) is 38.7 Å². The number of nitrogens with two attached hydrogens (primary N) is 1. The van der Waals surface area contributed by atoms with Gasteiger partial charge in [0, 0.05) is 11.5 Å². The van der Waals surface area contributed by atoms with Crippen LogP contribution in [0, 0.1) is 17.7 Å². The fourth-order valence-electron chi connectivity index (χ4n) is 2.86. The first-order valence-electron chi connectivity index (χ1n) is 6.74. The highest BCUT2D eigenvalue weighted by molar-refractivity contribution is 5.14. The van der Waals surface area contributed by atoms with Crippen LogP contribution in [0.2, 0.25) is 0 Å². The fraction of sp³-hybridized carbons (Fsp3) is 0.600. The molecule has 1 aliphatic carbocycles. The summed E-state index contributed by atoms with van der Waals surface area (Å²) in [5.74, 6) is 1.50. The van der Waals surface area contributed by atoms with Gasteiger partial charge in [0.25, 0.3) is 0 Å². The van der Waals surface area contributed by atoms with Crippen molar-refractivity contribution in [2.24, 2.45) is 11.8 Å². The van der Waals surface area contributed by atoms with Crippen LogP contribution in [0.25, 0.3) is 0 Å². The van der Waals surface area contributed by atoms with E-state index in [-0.39, 0.29) is 5.82 Å². The first-order valence-corrected chi connectivity index (χ1v) is 6.74. The van der Waals surface area contributed by atoms with Crippen molar-refractivity contribution in [3.63, 3.8) is 0 Å². The number of halogens is 1. The zero-order valence-electron chi connectivity index (χ0n) is 10.8. The molecular weight excluding hydrogens is 213 g/mol. The van der Waals surface area contributed by atoms with Gasteiger partial charge in [-0.05, 0) is 37.3 Å². The molecule has 1 nitrogen and oxygen atoms in total. The lowest BCUT2D eigenvalue weighted by Gasteiger charge is -2.32. The molecule has 0 aromatic heterocycles. The molecule has 17 heavy (non-hydrogen) atoms. The molecule has 1 aliphatic rings. The van der Waals surface area contributed by atoms with Crippen molar-refractivity contribution >= 4 is 0 Å². The van der Waals surface area contributed by atoms with E-state index in [1.54, 1.807) is 12.1 Å². The van der Waals surface area contributed by atoms with Crippen molar-refractivity contribution in [3.05, 3.63) is 35.6 Å². The van der Waals surface area contributed by atoms with Crippen molar-refractivity contribution in [1.29, 1.82) is 0 Å². The van der Waals surface area contributed by atoms with Gasteiger partial charge in [-0.3, -0.25) is 0 Å². The quantitative estimate of drug-likeness (QED) is 0.831. The van der Waals surface area contributed by atoms with Crippen molar-refractivity contribution < 1.29 is 9.71 Å². The van der Waals surface area contributed by atoms with E-state index < -0.39 is 0 Å². The van der Waals surface area contributed by atoms with E-state index >= 15 is 0 Å². The third kappa shape index (κ3) is 3.29. The van der Waals surface area contributed by atoms with Crippen molar-refractivity contribution in [1.82, 2.24) is 0 Å². The highest BCUT2D eigenvalue weighted by atomic mass is 19.1. The SMILES string of the molecule is C[C@@H]1[C@@H](C)CCC[C@H]1[NH2+]Cc1ccc(F)cc1. The van der Waals surface area contributed by atoms with Crippen LogP contribution < -0.4 is 5.32 Å². The Morgan fingerprint density at radius 2 is 1.88 bits per heavy atom. The van der Waals surface area contributed by atoms with Crippen molar-refractivity contribution in [2.75, 3.05) is 0 Å². The van der Waals surface area contributed by atoms with Crippen LogP contribution in [-0.4, -0.2) is 6.04 Å². The molecule has 1 aromatic carbocycles. The number of hydrogen-bond donors (Lipinski definition) is 1. The standard InChI is InChI=1S/C15H22FN/c1-11-4-3-5-15(12(11)2)17-10-13-6-8-14(16)9-7-13/h6-9,11-12,15,17H,3-5,10H2,1-2H3/p+1/t11-,12+,15+/m0/s1. The van der Waals surface area contributed by atoms with Crippen molar-refractivity contribution in [2.45, 2.75) is 45.7 Å². The van der Waals surface area contributed by atoms with Gasteiger partial charge < -0.3 is 5.32 Å². The number of rotatable bonds is 3. The minimum Gasteiger partial charge on any atom is -0.340 e. The Bertz CT molecular complexity index is 346. The van der Waals surface area contributed by atoms with Gasteiger partial charge in [0.15, 0.2) is 0 Å². The van der Waals surface area contributed by atoms with E-state index in [1.807, 2.05) is 12.1 Å². The van der Waals surface area contributed by atoms with Gasteiger partial charge in [-0.25, -0.2) is 4.39 Å². The summed E-state index contributed by atoms with van der Waals surface area (Å²) >= 11 is 0.